The van der Waals surface area contributed by atoms with E-state index in [4.69, 9.17) is 4.74 Å². The van der Waals surface area contributed by atoms with Crippen molar-refractivity contribution in [2.24, 2.45) is 0 Å². The molecule has 0 aliphatic rings. The molecule has 3 amide bonds. The average Bonchev–Trinajstić information content (AvgIpc) is 2.74. The van der Waals surface area contributed by atoms with Crippen molar-refractivity contribution in [2.75, 3.05) is 7.11 Å². The van der Waals surface area contributed by atoms with Crippen molar-refractivity contribution in [3.63, 3.8) is 0 Å². The second-order valence-electron chi connectivity index (χ2n) is 5.97. The van der Waals surface area contributed by atoms with Gasteiger partial charge < -0.3 is 10.1 Å². The van der Waals surface area contributed by atoms with Gasteiger partial charge in [-0.3, -0.25) is 25.2 Å². The summed E-state index contributed by atoms with van der Waals surface area (Å²) in [6.07, 6.45) is 1.99. The van der Waals surface area contributed by atoms with E-state index < -0.39 is 5.91 Å². The first kappa shape index (κ1) is 20.7. The standard InChI is InChI=1S/C21H23N3O4/c1-3-19(25)22-14-16-4-9-17(10-5-16)21(27)24-23-20(26)13-8-15-6-11-18(28-2)12-7-15/h3-7,9-12H,1,8,13-14H2,2H3,(H,22,25)(H,23,26)(H,24,27). The minimum atomic E-state index is -0.417. The first-order valence-electron chi connectivity index (χ1n) is 8.73. The largest absolute Gasteiger partial charge is 0.497 e. The van der Waals surface area contributed by atoms with Crippen LogP contribution >= 0.6 is 0 Å². The second-order valence-corrected chi connectivity index (χ2v) is 5.97. The van der Waals surface area contributed by atoms with Crippen LogP contribution in [0.5, 0.6) is 5.75 Å². The maximum Gasteiger partial charge on any atom is 0.269 e. The average molecular weight is 381 g/mol. The van der Waals surface area contributed by atoms with Gasteiger partial charge in [0.25, 0.3) is 5.91 Å². The van der Waals surface area contributed by atoms with Gasteiger partial charge in [0.15, 0.2) is 0 Å². The molecule has 0 atom stereocenters. The fourth-order valence-electron chi connectivity index (χ4n) is 2.35. The zero-order valence-corrected chi connectivity index (χ0v) is 15.7. The fourth-order valence-corrected chi connectivity index (χ4v) is 2.35. The lowest BCUT2D eigenvalue weighted by atomic mass is 10.1. The van der Waals surface area contributed by atoms with Crippen molar-refractivity contribution in [3.05, 3.63) is 77.9 Å². The van der Waals surface area contributed by atoms with E-state index in [9.17, 15) is 14.4 Å². The molecule has 2 aromatic rings. The van der Waals surface area contributed by atoms with Gasteiger partial charge in [-0.2, -0.15) is 0 Å². The Morgan fingerprint density at radius 2 is 1.61 bits per heavy atom. The van der Waals surface area contributed by atoms with E-state index in [2.05, 4.69) is 22.7 Å². The van der Waals surface area contributed by atoms with Gasteiger partial charge in [0.1, 0.15) is 5.75 Å². The summed E-state index contributed by atoms with van der Waals surface area (Å²) in [6, 6.07) is 14.1. The van der Waals surface area contributed by atoms with Crippen LogP contribution in [0.4, 0.5) is 0 Å². The van der Waals surface area contributed by atoms with Crippen LogP contribution in [0.25, 0.3) is 0 Å². The van der Waals surface area contributed by atoms with Gasteiger partial charge in [0, 0.05) is 18.5 Å². The monoisotopic (exact) mass is 381 g/mol. The number of aryl methyl sites for hydroxylation is 1. The second kappa shape index (κ2) is 10.5. The lowest BCUT2D eigenvalue weighted by Crippen LogP contribution is -2.41. The summed E-state index contributed by atoms with van der Waals surface area (Å²) >= 11 is 0. The van der Waals surface area contributed by atoms with E-state index in [0.29, 0.717) is 18.5 Å². The lowest BCUT2D eigenvalue weighted by molar-refractivity contribution is -0.121. The number of methoxy groups -OCH3 is 1. The Hall–Kier alpha value is -3.61. The van der Waals surface area contributed by atoms with Crippen molar-refractivity contribution in [1.29, 1.82) is 0 Å². The van der Waals surface area contributed by atoms with Gasteiger partial charge in [-0.1, -0.05) is 30.8 Å². The Kier molecular flexibility index (Phi) is 7.77. The number of nitrogens with one attached hydrogen (secondary N) is 3. The molecule has 28 heavy (non-hydrogen) atoms. The van der Waals surface area contributed by atoms with Crippen molar-refractivity contribution in [1.82, 2.24) is 16.2 Å². The molecule has 0 aliphatic carbocycles. The molecular formula is C21H23N3O4. The number of carbonyl (C=O) groups is 3. The van der Waals surface area contributed by atoms with Crippen molar-refractivity contribution in [3.8, 4) is 5.75 Å². The minimum absolute atomic E-state index is 0.245. The normalized spacial score (nSPS) is 9.89. The van der Waals surface area contributed by atoms with Crippen LogP contribution in [0, 0.1) is 0 Å². The van der Waals surface area contributed by atoms with Crippen molar-refractivity contribution in [2.45, 2.75) is 19.4 Å². The number of hydrazine groups is 1. The number of amides is 3. The number of ether oxygens (including phenoxy) is 1. The van der Waals surface area contributed by atoms with Gasteiger partial charge >= 0.3 is 0 Å². The molecule has 0 saturated heterocycles. The third-order valence-corrected chi connectivity index (χ3v) is 3.98. The molecule has 0 unspecified atom stereocenters. The van der Waals surface area contributed by atoms with E-state index in [1.54, 1.807) is 31.4 Å². The highest BCUT2D eigenvalue weighted by molar-refractivity contribution is 5.95. The van der Waals surface area contributed by atoms with E-state index in [1.165, 1.54) is 6.08 Å². The lowest BCUT2D eigenvalue weighted by Gasteiger charge is -2.09. The first-order valence-corrected chi connectivity index (χ1v) is 8.73. The predicted octanol–water partition coefficient (Wildman–Crippen LogP) is 1.89. The smallest absolute Gasteiger partial charge is 0.269 e. The third kappa shape index (κ3) is 6.60. The van der Waals surface area contributed by atoms with E-state index in [-0.39, 0.29) is 18.2 Å². The molecule has 0 fully saturated rings. The molecule has 2 rings (SSSR count). The predicted molar refractivity (Wildman–Crippen MR) is 105 cm³/mol. The Labute approximate surface area is 163 Å². The number of benzene rings is 2. The van der Waals surface area contributed by atoms with Crippen LogP contribution in [-0.2, 0) is 22.6 Å². The highest BCUT2D eigenvalue weighted by atomic mass is 16.5. The molecule has 7 nitrogen and oxygen atoms in total. The molecule has 0 aliphatic heterocycles. The Morgan fingerprint density at radius 1 is 0.964 bits per heavy atom. The Balaban J connectivity index is 1.75. The number of hydrogen-bond donors (Lipinski definition) is 3. The number of rotatable bonds is 8. The molecule has 2 aromatic carbocycles. The van der Waals surface area contributed by atoms with Crippen LogP contribution in [0.1, 0.15) is 27.9 Å². The highest BCUT2D eigenvalue weighted by Gasteiger charge is 2.08. The molecule has 146 valence electrons. The van der Waals surface area contributed by atoms with E-state index in [1.807, 2.05) is 24.3 Å². The van der Waals surface area contributed by atoms with Crippen molar-refractivity contribution >= 4 is 17.7 Å². The summed E-state index contributed by atoms with van der Waals surface area (Å²) in [5.41, 5.74) is 7.04. The summed E-state index contributed by atoms with van der Waals surface area (Å²) in [5.74, 6) is -0.207. The molecule has 0 radical (unpaired) electrons. The summed E-state index contributed by atoms with van der Waals surface area (Å²) in [6.45, 7) is 3.72. The molecule has 0 bridgehead atoms. The van der Waals surface area contributed by atoms with Gasteiger partial charge in [-0.15, -0.1) is 0 Å². The van der Waals surface area contributed by atoms with Crippen LogP contribution in [0.3, 0.4) is 0 Å². The molecule has 0 aromatic heterocycles. The van der Waals surface area contributed by atoms with Crippen molar-refractivity contribution < 1.29 is 19.1 Å². The van der Waals surface area contributed by atoms with Gasteiger partial charge in [-0.05, 0) is 47.9 Å². The van der Waals surface area contributed by atoms with Gasteiger partial charge in [0.2, 0.25) is 11.8 Å². The maximum absolute atomic E-state index is 12.1. The van der Waals surface area contributed by atoms with Gasteiger partial charge in [0.05, 0.1) is 7.11 Å². The topological polar surface area (TPSA) is 96.5 Å². The fraction of sp³-hybridized carbons (Fsp3) is 0.190. The third-order valence-electron chi connectivity index (χ3n) is 3.98. The number of carbonyl (C=O) groups excluding carboxylic acids is 3. The van der Waals surface area contributed by atoms with Crippen LogP contribution < -0.4 is 20.9 Å². The summed E-state index contributed by atoms with van der Waals surface area (Å²) in [7, 11) is 1.60. The molecule has 0 saturated carbocycles. The highest BCUT2D eigenvalue weighted by Crippen LogP contribution is 2.12. The summed E-state index contributed by atoms with van der Waals surface area (Å²) in [4.78, 5) is 35.1. The molecule has 3 N–H and O–H groups in total. The Morgan fingerprint density at radius 3 is 2.21 bits per heavy atom. The summed E-state index contributed by atoms with van der Waals surface area (Å²) in [5, 5.41) is 2.65. The zero-order chi connectivity index (χ0) is 20.4. The number of hydrogen-bond acceptors (Lipinski definition) is 4. The van der Waals surface area contributed by atoms with Crippen LogP contribution in [0.15, 0.2) is 61.2 Å². The minimum Gasteiger partial charge on any atom is -0.497 e. The molecule has 0 heterocycles. The Bertz CT molecular complexity index is 830. The van der Waals surface area contributed by atoms with Crippen LogP contribution in [0.2, 0.25) is 0 Å². The first-order chi connectivity index (χ1) is 13.5. The summed E-state index contributed by atoms with van der Waals surface area (Å²) < 4.78 is 5.09. The zero-order valence-electron chi connectivity index (χ0n) is 15.7. The molecular weight excluding hydrogens is 358 g/mol. The maximum atomic E-state index is 12.1. The molecule has 7 heteroatoms. The SMILES string of the molecule is C=CC(=O)NCc1ccc(C(=O)NNC(=O)CCc2ccc(OC)cc2)cc1. The van der Waals surface area contributed by atoms with E-state index in [0.717, 1.165) is 16.9 Å². The van der Waals surface area contributed by atoms with E-state index >= 15 is 0 Å². The van der Waals surface area contributed by atoms with Gasteiger partial charge in [-0.25, -0.2) is 0 Å². The van der Waals surface area contributed by atoms with Crippen LogP contribution in [-0.4, -0.2) is 24.8 Å². The molecule has 0 spiro atoms. The quantitative estimate of drug-likeness (QED) is 0.481.